The molecule has 1 atom stereocenters. The van der Waals surface area contributed by atoms with Gasteiger partial charge >= 0.3 is 0 Å². The van der Waals surface area contributed by atoms with Crippen molar-refractivity contribution in [3.8, 4) is 11.5 Å². The van der Waals surface area contributed by atoms with E-state index in [1.807, 2.05) is 13.0 Å². The van der Waals surface area contributed by atoms with Crippen LogP contribution < -0.4 is 10.5 Å². The van der Waals surface area contributed by atoms with E-state index < -0.39 is 0 Å². The van der Waals surface area contributed by atoms with Crippen LogP contribution >= 0.6 is 0 Å². The molecule has 3 N–H and O–H groups in total. The number of hydrogen-bond donors (Lipinski definition) is 2. The standard InChI is InChI=1S/C13H19NO2/c1-8(14)11-7-12(16-2)9-5-3-4-6-10(9)13(11)15/h7-8,15H,3-6,14H2,1-2H3. The molecule has 0 aromatic heterocycles. The number of methoxy groups -OCH3 is 1. The van der Waals surface area contributed by atoms with E-state index in [2.05, 4.69) is 0 Å². The minimum atomic E-state index is -0.166. The van der Waals surface area contributed by atoms with Crippen molar-refractivity contribution in [1.82, 2.24) is 0 Å². The van der Waals surface area contributed by atoms with Gasteiger partial charge in [-0.2, -0.15) is 0 Å². The second kappa shape index (κ2) is 4.34. The predicted octanol–water partition coefficient (Wildman–Crippen LogP) is 2.30. The highest BCUT2D eigenvalue weighted by molar-refractivity contribution is 5.54. The molecule has 1 aliphatic rings. The summed E-state index contributed by atoms with van der Waals surface area (Å²) in [6.07, 6.45) is 4.22. The minimum Gasteiger partial charge on any atom is -0.507 e. The molecule has 2 rings (SSSR count). The van der Waals surface area contributed by atoms with Crippen molar-refractivity contribution in [2.24, 2.45) is 5.73 Å². The van der Waals surface area contributed by atoms with Gasteiger partial charge in [0.15, 0.2) is 0 Å². The van der Waals surface area contributed by atoms with Gasteiger partial charge in [-0.1, -0.05) is 0 Å². The van der Waals surface area contributed by atoms with Crippen molar-refractivity contribution in [2.75, 3.05) is 7.11 Å². The van der Waals surface area contributed by atoms with Crippen LogP contribution in [0.25, 0.3) is 0 Å². The first-order valence-electron chi connectivity index (χ1n) is 5.82. The third-order valence-electron chi connectivity index (χ3n) is 3.32. The highest BCUT2D eigenvalue weighted by Gasteiger charge is 2.21. The van der Waals surface area contributed by atoms with Gasteiger partial charge < -0.3 is 15.6 Å². The zero-order chi connectivity index (χ0) is 11.7. The van der Waals surface area contributed by atoms with Gasteiger partial charge in [0, 0.05) is 22.7 Å². The Kier molecular flexibility index (Phi) is 3.06. The average molecular weight is 221 g/mol. The summed E-state index contributed by atoms with van der Waals surface area (Å²) >= 11 is 0. The van der Waals surface area contributed by atoms with Crippen LogP contribution in [0.3, 0.4) is 0 Å². The lowest BCUT2D eigenvalue weighted by molar-refractivity contribution is 0.397. The maximum Gasteiger partial charge on any atom is 0.124 e. The molecule has 1 aromatic rings. The lowest BCUT2D eigenvalue weighted by atomic mass is 9.87. The highest BCUT2D eigenvalue weighted by atomic mass is 16.5. The third-order valence-corrected chi connectivity index (χ3v) is 3.32. The summed E-state index contributed by atoms with van der Waals surface area (Å²) in [6.45, 7) is 1.88. The summed E-state index contributed by atoms with van der Waals surface area (Å²) < 4.78 is 5.39. The van der Waals surface area contributed by atoms with Gasteiger partial charge in [-0.25, -0.2) is 0 Å². The monoisotopic (exact) mass is 221 g/mol. The molecule has 0 heterocycles. The van der Waals surface area contributed by atoms with Crippen LogP contribution in [0.4, 0.5) is 0 Å². The van der Waals surface area contributed by atoms with Crippen LogP contribution in [0.1, 0.15) is 42.5 Å². The van der Waals surface area contributed by atoms with Crippen molar-refractivity contribution in [1.29, 1.82) is 0 Å². The second-order valence-electron chi connectivity index (χ2n) is 4.47. The number of fused-ring (bicyclic) bond motifs is 1. The maximum atomic E-state index is 10.2. The average Bonchev–Trinajstić information content (AvgIpc) is 2.29. The topological polar surface area (TPSA) is 55.5 Å². The molecule has 0 amide bonds. The van der Waals surface area contributed by atoms with Crippen molar-refractivity contribution >= 4 is 0 Å². The molecule has 16 heavy (non-hydrogen) atoms. The van der Waals surface area contributed by atoms with E-state index in [1.165, 1.54) is 6.42 Å². The first kappa shape index (κ1) is 11.3. The lowest BCUT2D eigenvalue weighted by Gasteiger charge is -2.23. The Morgan fingerprint density at radius 2 is 1.94 bits per heavy atom. The van der Waals surface area contributed by atoms with E-state index >= 15 is 0 Å². The van der Waals surface area contributed by atoms with Crippen LogP contribution in [-0.2, 0) is 12.8 Å². The number of benzene rings is 1. The van der Waals surface area contributed by atoms with Crippen molar-refractivity contribution in [3.05, 3.63) is 22.8 Å². The van der Waals surface area contributed by atoms with Gasteiger partial charge in [0.25, 0.3) is 0 Å². The van der Waals surface area contributed by atoms with E-state index in [1.54, 1.807) is 7.11 Å². The number of phenolic OH excluding ortho intramolecular Hbond substituents is 1. The molecule has 0 bridgehead atoms. The van der Waals surface area contributed by atoms with Crippen molar-refractivity contribution < 1.29 is 9.84 Å². The van der Waals surface area contributed by atoms with Crippen LogP contribution in [0.2, 0.25) is 0 Å². The molecule has 0 saturated carbocycles. The molecule has 1 aromatic carbocycles. The van der Waals surface area contributed by atoms with Crippen LogP contribution in [0, 0.1) is 0 Å². The SMILES string of the molecule is COc1cc(C(C)N)c(O)c2c1CCCC2. The minimum absolute atomic E-state index is 0.166. The van der Waals surface area contributed by atoms with Crippen molar-refractivity contribution in [2.45, 2.75) is 38.6 Å². The van der Waals surface area contributed by atoms with Crippen molar-refractivity contribution in [3.63, 3.8) is 0 Å². The number of rotatable bonds is 2. The summed E-state index contributed by atoms with van der Waals surface area (Å²) in [5, 5.41) is 10.2. The summed E-state index contributed by atoms with van der Waals surface area (Å²) in [5.74, 6) is 1.25. The molecule has 0 fully saturated rings. The normalized spacial score (nSPS) is 16.7. The Morgan fingerprint density at radius 3 is 2.50 bits per heavy atom. The Labute approximate surface area is 96.2 Å². The summed E-state index contributed by atoms with van der Waals surface area (Å²) in [7, 11) is 1.67. The maximum absolute atomic E-state index is 10.2. The number of nitrogens with two attached hydrogens (primary N) is 1. The van der Waals surface area contributed by atoms with E-state index in [9.17, 15) is 5.11 Å². The molecule has 1 unspecified atom stereocenters. The molecule has 0 radical (unpaired) electrons. The largest absolute Gasteiger partial charge is 0.507 e. The molecular formula is C13H19NO2. The number of aromatic hydroxyl groups is 1. The van der Waals surface area contributed by atoms with E-state index in [0.717, 1.165) is 41.7 Å². The molecule has 0 spiro atoms. The zero-order valence-corrected chi connectivity index (χ0v) is 9.92. The fourth-order valence-electron chi connectivity index (χ4n) is 2.44. The van der Waals surface area contributed by atoms with Gasteiger partial charge in [0.2, 0.25) is 0 Å². The summed E-state index contributed by atoms with van der Waals surface area (Å²) in [5.41, 5.74) is 8.85. The van der Waals surface area contributed by atoms with Gasteiger partial charge in [0.1, 0.15) is 11.5 Å². The number of phenols is 1. The van der Waals surface area contributed by atoms with Gasteiger partial charge in [-0.15, -0.1) is 0 Å². The summed E-state index contributed by atoms with van der Waals surface area (Å²) in [4.78, 5) is 0. The fourth-order valence-corrected chi connectivity index (χ4v) is 2.44. The molecule has 0 aliphatic heterocycles. The number of hydrogen-bond acceptors (Lipinski definition) is 3. The van der Waals surface area contributed by atoms with Gasteiger partial charge in [0.05, 0.1) is 7.11 Å². The van der Waals surface area contributed by atoms with Crippen LogP contribution in [0.5, 0.6) is 11.5 Å². The molecule has 3 heteroatoms. The third kappa shape index (κ3) is 1.76. The quantitative estimate of drug-likeness (QED) is 0.805. The Morgan fingerprint density at radius 1 is 1.31 bits per heavy atom. The predicted molar refractivity (Wildman–Crippen MR) is 63.9 cm³/mol. The van der Waals surface area contributed by atoms with E-state index in [0.29, 0.717) is 5.75 Å². The first-order valence-corrected chi connectivity index (χ1v) is 5.82. The lowest BCUT2D eigenvalue weighted by Crippen LogP contribution is -2.11. The summed E-state index contributed by atoms with van der Waals surface area (Å²) in [6, 6.07) is 1.71. The Bertz CT molecular complexity index is 399. The van der Waals surface area contributed by atoms with Crippen LogP contribution in [0.15, 0.2) is 6.07 Å². The number of ether oxygens (including phenoxy) is 1. The molecule has 0 saturated heterocycles. The molecular weight excluding hydrogens is 202 g/mol. The van der Waals surface area contributed by atoms with Gasteiger partial charge in [-0.05, 0) is 38.7 Å². The Balaban J connectivity index is 2.60. The van der Waals surface area contributed by atoms with E-state index in [-0.39, 0.29) is 6.04 Å². The van der Waals surface area contributed by atoms with E-state index in [4.69, 9.17) is 10.5 Å². The molecule has 88 valence electrons. The Hall–Kier alpha value is -1.22. The zero-order valence-electron chi connectivity index (χ0n) is 9.92. The first-order chi connectivity index (χ1) is 7.65. The van der Waals surface area contributed by atoms with Gasteiger partial charge in [-0.3, -0.25) is 0 Å². The molecule has 3 nitrogen and oxygen atoms in total. The smallest absolute Gasteiger partial charge is 0.124 e. The fraction of sp³-hybridized carbons (Fsp3) is 0.538. The highest BCUT2D eigenvalue weighted by Crippen LogP contribution is 2.39. The van der Waals surface area contributed by atoms with Crippen LogP contribution in [-0.4, -0.2) is 12.2 Å². The second-order valence-corrected chi connectivity index (χ2v) is 4.47. The molecule has 1 aliphatic carbocycles.